The number of nitrogens with zero attached hydrogens (tertiary/aromatic N) is 1. The molecule has 3 rings (SSSR count). The van der Waals surface area contributed by atoms with Gasteiger partial charge in [0.1, 0.15) is 11.6 Å². The third kappa shape index (κ3) is 5.86. The molecule has 1 fully saturated rings. The van der Waals surface area contributed by atoms with Gasteiger partial charge in [0.25, 0.3) is 0 Å². The maximum Gasteiger partial charge on any atom is 0.160 e. The highest BCUT2D eigenvalue weighted by atomic mass is 19.1. The van der Waals surface area contributed by atoms with Crippen molar-refractivity contribution in [2.75, 3.05) is 40.5 Å². The number of hydrogen-bond acceptors (Lipinski definition) is 4. The van der Waals surface area contributed by atoms with E-state index in [4.69, 9.17) is 14.2 Å². The van der Waals surface area contributed by atoms with Crippen LogP contribution in [0.4, 0.5) is 4.39 Å². The Morgan fingerprint density at radius 2 is 1.68 bits per heavy atom. The lowest BCUT2D eigenvalue weighted by atomic mass is 9.93. The Morgan fingerprint density at radius 1 is 0.964 bits per heavy atom. The molecule has 152 valence electrons. The minimum atomic E-state index is -0.229. The Labute approximate surface area is 167 Å². The summed E-state index contributed by atoms with van der Waals surface area (Å²) in [5, 5.41) is 0. The van der Waals surface area contributed by atoms with Crippen LogP contribution in [0.2, 0.25) is 0 Å². The highest BCUT2D eigenvalue weighted by molar-refractivity contribution is 5.42. The Morgan fingerprint density at radius 3 is 2.36 bits per heavy atom. The molecule has 0 aliphatic carbocycles. The molecule has 28 heavy (non-hydrogen) atoms. The molecule has 0 aromatic heterocycles. The average Bonchev–Trinajstić information content (AvgIpc) is 2.74. The highest BCUT2D eigenvalue weighted by Gasteiger charge is 2.19. The summed E-state index contributed by atoms with van der Waals surface area (Å²) in [5.74, 6) is 2.79. The molecule has 2 aromatic rings. The van der Waals surface area contributed by atoms with Crippen molar-refractivity contribution in [1.82, 2.24) is 4.90 Å². The van der Waals surface area contributed by atoms with E-state index < -0.39 is 0 Å². The van der Waals surface area contributed by atoms with E-state index in [0.29, 0.717) is 12.5 Å². The summed E-state index contributed by atoms with van der Waals surface area (Å²) in [6.45, 7) is 4.03. The molecule has 4 nitrogen and oxygen atoms in total. The molecule has 1 aliphatic heterocycles. The zero-order chi connectivity index (χ0) is 19.8. The van der Waals surface area contributed by atoms with Crippen LogP contribution in [0.3, 0.4) is 0 Å². The van der Waals surface area contributed by atoms with Crippen molar-refractivity contribution in [3.05, 3.63) is 53.8 Å². The number of rotatable bonds is 9. The molecule has 0 amide bonds. The maximum atomic E-state index is 12.9. The average molecular weight is 387 g/mol. The molecule has 0 spiro atoms. The van der Waals surface area contributed by atoms with E-state index in [1.165, 1.54) is 30.5 Å². The van der Waals surface area contributed by atoms with Gasteiger partial charge in [0.15, 0.2) is 11.5 Å². The van der Waals surface area contributed by atoms with E-state index in [1.807, 2.05) is 6.07 Å². The van der Waals surface area contributed by atoms with Crippen LogP contribution >= 0.6 is 0 Å². The fourth-order valence-corrected chi connectivity index (χ4v) is 3.70. The SMILES string of the molecule is COc1ccc(CCN2CCC(CCOc3ccc(F)cc3)CC2)cc1OC. The normalized spacial score (nSPS) is 15.4. The van der Waals surface area contributed by atoms with Crippen molar-refractivity contribution in [3.63, 3.8) is 0 Å². The fourth-order valence-electron chi connectivity index (χ4n) is 3.70. The van der Waals surface area contributed by atoms with E-state index in [1.54, 1.807) is 26.4 Å². The smallest absolute Gasteiger partial charge is 0.160 e. The van der Waals surface area contributed by atoms with Gasteiger partial charge < -0.3 is 19.1 Å². The van der Waals surface area contributed by atoms with E-state index in [9.17, 15) is 4.39 Å². The minimum absolute atomic E-state index is 0.229. The largest absolute Gasteiger partial charge is 0.494 e. The van der Waals surface area contributed by atoms with Gasteiger partial charge in [0, 0.05) is 6.54 Å². The molecule has 5 heteroatoms. The monoisotopic (exact) mass is 387 g/mol. The zero-order valence-electron chi connectivity index (χ0n) is 16.8. The fraction of sp³-hybridized carbons (Fsp3) is 0.478. The van der Waals surface area contributed by atoms with Crippen molar-refractivity contribution in [1.29, 1.82) is 0 Å². The summed E-state index contributed by atoms with van der Waals surface area (Å²) < 4.78 is 29.3. The predicted molar refractivity (Wildman–Crippen MR) is 109 cm³/mol. The van der Waals surface area contributed by atoms with Gasteiger partial charge in [-0.25, -0.2) is 4.39 Å². The van der Waals surface area contributed by atoms with Crippen LogP contribution in [0.1, 0.15) is 24.8 Å². The van der Waals surface area contributed by atoms with Gasteiger partial charge in [0.2, 0.25) is 0 Å². The maximum absolute atomic E-state index is 12.9. The van der Waals surface area contributed by atoms with Crippen LogP contribution in [-0.2, 0) is 6.42 Å². The topological polar surface area (TPSA) is 30.9 Å². The first-order valence-corrected chi connectivity index (χ1v) is 9.99. The lowest BCUT2D eigenvalue weighted by Gasteiger charge is -2.32. The third-order valence-electron chi connectivity index (χ3n) is 5.48. The number of likely N-dealkylation sites (tertiary alicyclic amines) is 1. The van der Waals surface area contributed by atoms with Crippen LogP contribution in [0, 0.1) is 11.7 Å². The summed E-state index contributed by atoms with van der Waals surface area (Å²) in [5.41, 5.74) is 1.27. The first-order chi connectivity index (χ1) is 13.7. The Balaban J connectivity index is 1.35. The van der Waals surface area contributed by atoms with Gasteiger partial charge in [-0.3, -0.25) is 0 Å². The molecule has 0 bridgehead atoms. The van der Waals surface area contributed by atoms with Gasteiger partial charge in [-0.15, -0.1) is 0 Å². The molecular weight excluding hydrogens is 357 g/mol. The molecule has 0 saturated carbocycles. The first-order valence-electron chi connectivity index (χ1n) is 9.99. The van der Waals surface area contributed by atoms with Gasteiger partial charge >= 0.3 is 0 Å². The van der Waals surface area contributed by atoms with Crippen molar-refractivity contribution in [2.24, 2.45) is 5.92 Å². The number of benzene rings is 2. The molecule has 0 atom stereocenters. The van der Waals surface area contributed by atoms with Gasteiger partial charge in [0.05, 0.1) is 20.8 Å². The van der Waals surface area contributed by atoms with Crippen LogP contribution in [0.25, 0.3) is 0 Å². The first kappa shape index (κ1) is 20.5. The van der Waals surface area contributed by atoms with Crippen molar-refractivity contribution < 1.29 is 18.6 Å². The second kappa shape index (κ2) is 10.3. The van der Waals surface area contributed by atoms with Crippen molar-refractivity contribution in [3.8, 4) is 17.2 Å². The summed E-state index contributed by atoms with van der Waals surface area (Å²) in [6, 6.07) is 12.4. The standard InChI is InChI=1S/C23H30FNO3/c1-26-22-8-3-19(17-23(22)27-2)11-15-25-13-9-18(10-14-25)12-16-28-21-6-4-20(24)5-7-21/h3-8,17-18H,9-16H2,1-2H3. The summed E-state index contributed by atoms with van der Waals surface area (Å²) in [7, 11) is 3.33. The Bertz CT molecular complexity index is 727. The molecule has 0 radical (unpaired) electrons. The van der Waals surface area contributed by atoms with E-state index in [0.717, 1.165) is 49.7 Å². The number of methoxy groups -OCH3 is 2. The number of halogens is 1. The van der Waals surface area contributed by atoms with Gasteiger partial charge in [-0.1, -0.05) is 6.07 Å². The zero-order valence-corrected chi connectivity index (χ0v) is 16.8. The highest BCUT2D eigenvalue weighted by Crippen LogP contribution is 2.28. The lowest BCUT2D eigenvalue weighted by Crippen LogP contribution is -2.35. The molecule has 0 N–H and O–H groups in total. The van der Waals surface area contributed by atoms with E-state index in [-0.39, 0.29) is 5.82 Å². The van der Waals surface area contributed by atoms with Gasteiger partial charge in [-0.2, -0.15) is 0 Å². The van der Waals surface area contributed by atoms with Crippen LogP contribution < -0.4 is 14.2 Å². The second-order valence-corrected chi connectivity index (χ2v) is 7.32. The molecule has 1 heterocycles. The molecule has 1 aliphatic rings. The quantitative estimate of drug-likeness (QED) is 0.631. The molecular formula is C23H30FNO3. The number of piperidine rings is 1. The minimum Gasteiger partial charge on any atom is -0.494 e. The predicted octanol–water partition coefficient (Wildman–Crippen LogP) is 4.57. The van der Waals surface area contributed by atoms with Crippen molar-refractivity contribution in [2.45, 2.75) is 25.7 Å². The van der Waals surface area contributed by atoms with E-state index >= 15 is 0 Å². The van der Waals surface area contributed by atoms with Crippen LogP contribution in [0.5, 0.6) is 17.2 Å². The Kier molecular flexibility index (Phi) is 7.54. The van der Waals surface area contributed by atoms with Crippen LogP contribution in [0.15, 0.2) is 42.5 Å². The summed E-state index contributed by atoms with van der Waals surface area (Å²) >= 11 is 0. The summed E-state index contributed by atoms with van der Waals surface area (Å²) in [6.07, 6.45) is 4.48. The second-order valence-electron chi connectivity index (χ2n) is 7.32. The van der Waals surface area contributed by atoms with Crippen molar-refractivity contribution >= 4 is 0 Å². The van der Waals surface area contributed by atoms with E-state index in [2.05, 4.69) is 17.0 Å². The lowest BCUT2D eigenvalue weighted by molar-refractivity contribution is 0.164. The number of hydrogen-bond donors (Lipinski definition) is 0. The summed E-state index contributed by atoms with van der Waals surface area (Å²) in [4.78, 5) is 2.54. The molecule has 1 saturated heterocycles. The number of ether oxygens (including phenoxy) is 3. The Hall–Kier alpha value is -2.27. The van der Waals surface area contributed by atoms with Crippen LogP contribution in [-0.4, -0.2) is 45.4 Å². The third-order valence-corrected chi connectivity index (χ3v) is 5.48. The molecule has 0 unspecified atom stereocenters. The molecule has 2 aromatic carbocycles. The van der Waals surface area contributed by atoms with Gasteiger partial charge in [-0.05, 0) is 86.7 Å².